The maximum absolute atomic E-state index is 7.17. The van der Waals surface area contributed by atoms with Crippen LogP contribution in [-0.4, -0.2) is 0 Å². The van der Waals surface area contributed by atoms with E-state index >= 15 is 0 Å². The molecule has 1 aliphatic heterocycles. The Morgan fingerprint density at radius 2 is 0.746 bits per heavy atom. The average molecular weight is 805 g/mol. The molecule has 296 valence electrons. The summed E-state index contributed by atoms with van der Waals surface area (Å²) in [5.74, 6) is 1.66. The summed E-state index contributed by atoms with van der Waals surface area (Å²) in [4.78, 5) is 4.65. The molecular weight excluding hydrogens is 765 g/mol. The first-order valence-corrected chi connectivity index (χ1v) is 21.5. The molecule has 0 aliphatic carbocycles. The van der Waals surface area contributed by atoms with Crippen LogP contribution < -0.4 is 14.5 Å². The molecule has 0 atom stereocenters. The summed E-state index contributed by atoms with van der Waals surface area (Å²) in [6, 6.07) is 86.9. The minimum atomic E-state index is 0.824. The van der Waals surface area contributed by atoms with E-state index in [1.807, 2.05) is 0 Å². The molecule has 0 radical (unpaired) electrons. The molecule has 0 saturated carbocycles. The fraction of sp³-hybridized carbons (Fsp3) is 0. The van der Waals surface area contributed by atoms with E-state index in [4.69, 9.17) is 4.74 Å². The van der Waals surface area contributed by atoms with Crippen LogP contribution in [0, 0.1) is 0 Å². The van der Waals surface area contributed by atoms with Gasteiger partial charge in [0.2, 0.25) is 0 Å². The van der Waals surface area contributed by atoms with Crippen LogP contribution in [-0.2, 0) is 0 Å². The third-order valence-electron chi connectivity index (χ3n) is 12.4. The standard InChI is InChI=1S/C60H40N2O/c1-3-19-46(20-4-1)61(47-21-5-2-6-22-47)50-37-39-58-56(40-50)55-27-13-18-45-32-38-57(60(63-58)59(45)55)62(48-33-28-43(29-34-48)53-25-11-16-41-14-7-9-23-51(41)53)49-35-30-44(31-36-49)54-26-12-17-42-15-8-10-24-52(42)54/h1-40H. The number of fused-ring (bicyclic) bond motifs is 4. The fourth-order valence-corrected chi connectivity index (χ4v) is 9.47. The monoisotopic (exact) mass is 804 g/mol. The topological polar surface area (TPSA) is 15.7 Å². The molecule has 11 aromatic carbocycles. The van der Waals surface area contributed by atoms with Gasteiger partial charge in [-0.05, 0) is 128 Å². The van der Waals surface area contributed by atoms with Gasteiger partial charge in [-0.2, -0.15) is 0 Å². The Hall–Kier alpha value is -8.40. The van der Waals surface area contributed by atoms with Gasteiger partial charge in [-0.15, -0.1) is 0 Å². The van der Waals surface area contributed by atoms with Gasteiger partial charge in [0.15, 0.2) is 5.75 Å². The molecule has 0 fully saturated rings. The first-order valence-electron chi connectivity index (χ1n) is 21.5. The van der Waals surface area contributed by atoms with Gasteiger partial charge in [0.1, 0.15) is 5.75 Å². The van der Waals surface area contributed by atoms with E-state index in [2.05, 4.69) is 252 Å². The Kier molecular flexibility index (Phi) is 8.83. The lowest BCUT2D eigenvalue weighted by Gasteiger charge is -2.31. The largest absolute Gasteiger partial charge is 0.454 e. The van der Waals surface area contributed by atoms with E-state index in [9.17, 15) is 0 Å². The second-order valence-electron chi connectivity index (χ2n) is 16.1. The van der Waals surface area contributed by atoms with Crippen LogP contribution in [0.15, 0.2) is 243 Å². The lowest BCUT2D eigenvalue weighted by molar-refractivity contribution is 0.488. The Bertz CT molecular complexity index is 3300. The molecule has 3 nitrogen and oxygen atoms in total. The highest BCUT2D eigenvalue weighted by Crippen LogP contribution is 2.54. The van der Waals surface area contributed by atoms with E-state index in [0.717, 1.165) is 67.5 Å². The minimum absolute atomic E-state index is 0.824. The quantitative estimate of drug-likeness (QED) is 0.152. The number of anilines is 6. The number of hydrogen-bond donors (Lipinski definition) is 0. The van der Waals surface area contributed by atoms with Crippen LogP contribution in [0.3, 0.4) is 0 Å². The summed E-state index contributed by atoms with van der Waals surface area (Å²) in [5.41, 5.74) is 13.3. The summed E-state index contributed by atoms with van der Waals surface area (Å²) in [5, 5.41) is 7.17. The summed E-state index contributed by atoms with van der Waals surface area (Å²) in [6.45, 7) is 0. The lowest BCUT2D eigenvalue weighted by atomic mass is 9.93. The number of para-hydroxylation sites is 2. The Morgan fingerprint density at radius 1 is 0.286 bits per heavy atom. The van der Waals surface area contributed by atoms with Crippen LogP contribution in [0.5, 0.6) is 11.5 Å². The van der Waals surface area contributed by atoms with Gasteiger partial charge in [0.25, 0.3) is 0 Å². The highest BCUT2D eigenvalue weighted by atomic mass is 16.5. The van der Waals surface area contributed by atoms with Crippen molar-refractivity contribution in [3.05, 3.63) is 243 Å². The van der Waals surface area contributed by atoms with Crippen molar-refractivity contribution in [1.29, 1.82) is 0 Å². The zero-order chi connectivity index (χ0) is 41.7. The Morgan fingerprint density at radius 3 is 1.32 bits per heavy atom. The molecule has 0 unspecified atom stereocenters. The van der Waals surface area contributed by atoms with Gasteiger partial charge in [-0.1, -0.05) is 170 Å². The first kappa shape index (κ1) is 36.5. The van der Waals surface area contributed by atoms with Crippen molar-refractivity contribution >= 4 is 66.4 Å². The van der Waals surface area contributed by atoms with Gasteiger partial charge < -0.3 is 14.5 Å². The van der Waals surface area contributed by atoms with Crippen molar-refractivity contribution < 1.29 is 4.74 Å². The number of ether oxygens (including phenoxy) is 1. The number of benzene rings is 11. The Labute approximate surface area is 367 Å². The molecule has 0 bridgehead atoms. The maximum Gasteiger partial charge on any atom is 0.159 e. The molecule has 3 heteroatoms. The zero-order valence-electron chi connectivity index (χ0n) is 34.4. The molecule has 0 spiro atoms. The molecule has 0 saturated heterocycles. The van der Waals surface area contributed by atoms with Gasteiger partial charge in [0, 0.05) is 39.4 Å². The third kappa shape index (κ3) is 6.38. The molecule has 63 heavy (non-hydrogen) atoms. The zero-order valence-corrected chi connectivity index (χ0v) is 34.4. The summed E-state index contributed by atoms with van der Waals surface area (Å²) < 4.78 is 7.17. The lowest BCUT2D eigenvalue weighted by Crippen LogP contribution is -2.13. The van der Waals surface area contributed by atoms with Gasteiger partial charge in [-0.3, -0.25) is 0 Å². The van der Waals surface area contributed by atoms with E-state index in [0.29, 0.717) is 0 Å². The first-order chi connectivity index (χ1) is 31.2. The van der Waals surface area contributed by atoms with E-state index in [-0.39, 0.29) is 0 Å². The van der Waals surface area contributed by atoms with E-state index in [1.165, 1.54) is 43.8 Å². The van der Waals surface area contributed by atoms with Crippen molar-refractivity contribution in [2.24, 2.45) is 0 Å². The molecule has 1 aliphatic rings. The van der Waals surface area contributed by atoms with Crippen LogP contribution >= 0.6 is 0 Å². The number of nitrogens with zero attached hydrogens (tertiary/aromatic N) is 2. The second kappa shape index (κ2) is 15.3. The van der Waals surface area contributed by atoms with Crippen LogP contribution in [0.1, 0.15) is 0 Å². The number of rotatable bonds is 8. The van der Waals surface area contributed by atoms with Crippen molar-refractivity contribution in [2.45, 2.75) is 0 Å². The van der Waals surface area contributed by atoms with Crippen molar-refractivity contribution in [3.8, 4) is 44.9 Å². The Balaban J connectivity index is 1.01. The van der Waals surface area contributed by atoms with Crippen LogP contribution in [0.2, 0.25) is 0 Å². The van der Waals surface area contributed by atoms with Crippen molar-refractivity contribution in [3.63, 3.8) is 0 Å². The minimum Gasteiger partial charge on any atom is -0.454 e. The van der Waals surface area contributed by atoms with Crippen molar-refractivity contribution in [1.82, 2.24) is 0 Å². The van der Waals surface area contributed by atoms with Gasteiger partial charge in [0.05, 0.1) is 5.69 Å². The van der Waals surface area contributed by atoms with E-state index < -0.39 is 0 Å². The molecular formula is C60H40N2O. The highest BCUT2D eigenvalue weighted by molar-refractivity contribution is 6.09. The summed E-state index contributed by atoms with van der Waals surface area (Å²) in [6.07, 6.45) is 0. The normalized spacial score (nSPS) is 11.6. The van der Waals surface area contributed by atoms with Gasteiger partial charge >= 0.3 is 0 Å². The average Bonchev–Trinajstić information content (AvgIpc) is 3.36. The molecule has 11 aromatic rings. The summed E-state index contributed by atoms with van der Waals surface area (Å²) in [7, 11) is 0. The maximum atomic E-state index is 7.17. The smallest absolute Gasteiger partial charge is 0.159 e. The third-order valence-corrected chi connectivity index (χ3v) is 12.4. The molecule has 0 amide bonds. The van der Waals surface area contributed by atoms with Crippen LogP contribution in [0.4, 0.5) is 34.1 Å². The van der Waals surface area contributed by atoms with Gasteiger partial charge in [-0.25, -0.2) is 0 Å². The SMILES string of the molecule is c1ccc(N(c2ccccc2)c2ccc3c(c2)-c2cccc4ccc(N(c5ccc(-c6cccc7ccccc67)cc5)c5ccc(-c6cccc7ccccc67)cc5)c(c24)O3)cc1. The summed E-state index contributed by atoms with van der Waals surface area (Å²) >= 11 is 0. The van der Waals surface area contributed by atoms with Crippen molar-refractivity contribution in [2.75, 3.05) is 9.80 Å². The predicted octanol–water partition coefficient (Wildman–Crippen LogP) is 17.2. The van der Waals surface area contributed by atoms with Crippen LogP contribution in [0.25, 0.3) is 65.7 Å². The highest BCUT2D eigenvalue weighted by Gasteiger charge is 2.28. The fourth-order valence-electron chi connectivity index (χ4n) is 9.47. The molecule has 0 N–H and O–H groups in total. The second-order valence-corrected chi connectivity index (χ2v) is 16.1. The molecule has 0 aromatic heterocycles. The predicted molar refractivity (Wildman–Crippen MR) is 265 cm³/mol. The number of hydrogen-bond acceptors (Lipinski definition) is 3. The molecule has 12 rings (SSSR count). The molecule has 1 heterocycles. The van der Waals surface area contributed by atoms with E-state index in [1.54, 1.807) is 0 Å².